The molecule has 0 aliphatic heterocycles. The Morgan fingerprint density at radius 1 is 1.27 bits per heavy atom. The van der Waals surface area contributed by atoms with E-state index in [9.17, 15) is 13.7 Å². The average Bonchev–Trinajstić information content (AvgIpc) is 3.39. The predicted molar refractivity (Wildman–Crippen MR) is 154 cm³/mol. The third-order valence-electron chi connectivity index (χ3n) is 7.75. The van der Waals surface area contributed by atoms with Gasteiger partial charge in [0.2, 0.25) is 0 Å². The molecule has 1 atom stereocenters. The van der Waals surface area contributed by atoms with E-state index < -0.39 is 15.4 Å². The van der Waals surface area contributed by atoms with E-state index in [1.165, 1.54) is 6.26 Å². The molecule has 1 aliphatic rings. The Morgan fingerprint density at radius 2 is 1.98 bits per heavy atom. The Bertz CT molecular complexity index is 1440. The average molecular weight is 570 g/mol. The molecule has 3 N–H and O–H groups in total. The first-order chi connectivity index (χ1) is 19.2. The molecule has 0 spiro atoms. The van der Waals surface area contributed by atoms with Crippen LogP contribution < -0.4 is 16.2 Å². The van der Waals surface area contributed by atoms with Crippen LogP contribution in [-0.2, 0) is 19.3 Å². The van der Waals surface area contributed by atoms with Crippen LogP contribution in [0.5, 0.6) is 0 Å². The fourth-order valence-corrected chi connectivity index (χ4v) is 6.67. The van der Waals surface area contributed by atoms with Crippen LogP contribution in [0.1, 0.15) is 62.1 Å². The fraction of sp³-hybridized carbons (Fsp3) is 0.536. The number of hydrogen-bond donors (Lipinski definition) is 2. The van der Waals surface area contributed by atoms with Crippen LogP contribution >= 0.6 is 0 Å². The number of hydrogen-bond acceptors (Lipinski definition) is 10. The third kappa shape index (κ3) is 6.07. The minimum Gasteiger partial charge on any atom is -0.382 e. The molecule has 4 rings (SSSR count). The molecule has 0 saturated heterocycles. The Balaban J connectivity index is 1.74. The van der Waals surface area contributed by atoms with Crippen molar-refractivity contribution in [3.63, 3.8) is 0 Å². The molecule has 40 heavy (non-hydrogen) atoms. The van der Waals surface area contributed by atoms with Crippen molar-refractivity contribution in [1.29, 1.82) is 5.26 Å². The summed E-state index contributed by atoms with van der Waals surface area (Å²) < 4.78 is 38.9. The van der Waals surface area contributed by atoms with Crippen LogP contribution in [-0.4, -0.2) is 68.8 Å². The van der Waals surface area contributed by atoms with Gasteiger partial charge in [0, 0.05) is 44.4 Å². The van der Waals surface area contributed by atoms with Crippen molar-refractivity contribution in [2.45, 2.75) is 61.4 Å². The summed E-state index contributed by atoms with van der Waals surface area (Å²) in [4.78, 5) is 5.15. The van der Waals surface area contributed by atoms with E-state index in [2.05, 4.69) is 23.4 Å². The predicted octanol–water partition coefficient (Wildman–Crippen LogP) is 3.63. The molecule has 0 radical (unpaired) electrons. The first-order valence-corrected chi connectivity index (χ1v) is 15.5. The number of nitrogens with zero attached hydrogens (tertiary/aromatic N) is 5. The summed E-state index contributed by atoms with van der Waals surface area (Å²) in [6.45, 7) is 3.36. The van der Waals surface area contributed by atoms with Gasteiger partial charge in [0.1, 0.15) is 10.7 Å². The highest BCUT2D eigenvalue weighted by Gasteiger charge is 2.40. The molecule has 3 aromatic rings. The standard InChI is InChI=1S/C28H39N7O4S/c1-5-20(18-34(30)22-9-7-6-8-10-22)23-17-32-35-26(23)33-24(25(27(35)31-2)40(4,36)37)21-11-13-28(19-29,14-12-21)39-16-15-38-3/h6-10,17,20-21,31H,5,11-16,18,30H2,1-4H3. The van der Waals surface area contributed by atoms with Crippen LogP contribution in [0.15, 0.2) is 41.4 Å². The number of rotatable bonds is 12. The monoisotopic (exact) mass is 569 g/mol. The summed E-state index contributed by atoms with van der Waals surface area (Å²) in [5.74, 6) is 6.66. The van der Waals surface area contributed by atoms with E-state index in [-0.39, 0.29) is 16.7 Å². The van der Waals surface area contributed by atoms with Gasteiger partial charge in [0.25, 0.3) is 0 Å². The van der Waals surface area contributed by atoms with Gasteiger partial charge in [-0.2, -0.15) is 14.9 Å². The van der Waals surface area contributed by atoms with Gasteiger partial charge in [-0.25, -0.2) is 19.2 Å². The van der Waals surface area contributed by atoms with E-state index in [0.717, 1.165) is 17.7 Å². The Labute approximate surface area is 236 Å². The van der Waals surface area contributed by atoms with E-state index >= 15 is 0 Å². The molecular formula is C28H39N7O4S. The summed E-state index contributed by atoms with van der Waals surface area (Å²) in [7, 11) is -0.388. The third-order valence-corrected chi connectivity index (χ3v) is 8.90. The van der Waals surface area contributed by atoms with Crippen LogP contribution in [0.2, 0.25) is 0 Å². The molecule has 12 heteroatoms. The quantitative estimate of drug-likeness (QED) is 0.188. The Kier molecular flexibility index (Phi) is 9.30. The number of benzene rings is 1. The lowest BCUT2D eigenvalue weighted by Gasteiger charge is -2.35. The molecule has 1 saturated carbocycles. The fourth-order valence-electron chi connectivity index (χ4n) is 5.54. The largest absolute Gasteiger partial charge is 0.382 e. The number of nitrogens with one attached hydrogen (secondary N) is 1. The van der Waals surface area contributed by atoms with Crippen LogP contribution in [0.3, 0.4) is 0 Å². The summed E-state index contributed by atoms with van der Waals surface area (Å²) in [5, 5.41) is 19.3. The zero-order valence-electron chi connectivity index (χ0n) is 23.6. The highest BCUT2D eigenvalue weighted by Crippen LogP contribution is 2.43. The maximum absolute atomic E-state index is 13.1. The first kappa shape index (κ1) is 29.7. The van der Waals surface area contributed by atoms with Gasteiger partial charge in [-0.05, 0) is 44.2 Å². The maximum atomic E-state index is 13.1. The number of hydrazine groups is 1. The van der Waals surface area contributed by atoms with E-state index in [1.807, 2.05) is 30.3 Å². The number of nitriles is 1. The van der Waals surface area contributed by atoms with Crippen LogP contribution in [0.25, 0.3) is 5.65 Å². The zero-order valence-corrected chi connectivity index (χ0v) is 24.4. The lowest BCUT2D eigenvalue weighted by Crippen LogP contribution is -2.36. The number of para-hydroxylation sites is 1. The molecule has 2 heterocycles. The number of nitrogens with two attached hydrogens (primary N) is 1. The lowest BCUT2D eigenvalue weighted by molar-refractivity contribution is -0.0495. The molecule has 1 fully saturated rings. The number of anilines is 2. The van der Waals surface area contributed by atoms with Crippen molar-refractivity contribution in [2.24, 2.45) is 5.84 Å². The van der Waals surface area contributed by atoms with Gasteiger partial charge in [-0.1, -0.05) is 25.1 Å². The minimum absolute atomic E-state index is 0.00336. The number of ether oxygens (including phenoxy) is 2. The molecule has 1 aliphatic carbocycles. The molecular weight excluding hydrogens is 530 g/mol. The molecule has 0 amide bonds. The van der Waals surface area contributed by atoms with E-state index in [0.29, 0.717) is 62.6 Å². The normalized spacial score (nSPS) is 20.2. The van der Waals surface area contributed by atoms with Gasteiger partial charge in [0.15, 0.2) is 21.1 Å². The first-order valence-electron chi connectivity index (χ1n) is 13.6. The van der Waals surface area contributed by atoms with Crippen molar-refractivity contribution in [3.8, 4) is 6.07 Å². The summed E-state index contributed by atoms with van der Waals surface area (Å²) in [6, 6.07) is 12.1. The molecule has 1 unspecified atom stereocenters. The smallest absolute Gasteiger partial charge is 0.180 e. The maximum Gasteiger partial charge on any atom is 0.180 e. The molecule has 216 valence electrons. The molecule has 2 aromatic heterocycles. The van der Waals surface area contributed by atoms with Crippen LogP contribution in [0, 0.1) is 11.3 Å². The summed E-state index contributed by atoms with van der Waals surface area (Å²) in [6.07, 6.45) is 5.84. The number of methoxy groups -OCH3 is 1. The van der Waals surface area contributed by atoms with Gasteiger partial charge in [0.05, 0.1) is 36.9 Å². The number of aromatic nitrogens is 3. The highest BCUT2D eigenvalue weighted by molar-refractivity contribution is 7.91. The van der Waals surface area contributed by atoms with Crippen LogP contribution in [0.4, 0.5) is 11.5 Å². The lowest BCUT2D eigenvalue weighted by atomic mass is 9.78. The van der Waals surface area contributed by atoms with Crippen molar-refractivity contribution in [2.75, 3.05) is 50.5 Å². The number of fused-ring (bicyclic) bond motifs is 1. The Morgan fingerprint density at radius 3 is 2.55 bits per heavy atom. The molecule has 0 bridgehead atoms. The highest BCUT2D eigenvalue weighted by atomic mass is 32.2. The second kappa shape index (κ2) is 12.5. The minimum atomic E-state index is -3.67. The summed E-state index contributed by atoms with van der Waals surface area (Å²) in [5.41, 5.74) is 2.00. The van der Waals surface area contributed by atoms with Crippen molar-refractivity contribution >= 4 is 27.0 Å². The topological polar surface area (TPSA) is 148 Å². The van der Waals surface area contributed by atoms with Crippen molar-refractivity contribution in [3.05, 3.63) is 47.8 Å². The van der Waals surface area contributed by atoms with Crippen molar-refractivity contribution < 1.29 is 17.9 Å². The Hall–Kier alpha value is -3.24. The molecule has 11 nitrogen and oxygen atoms in total. The van der Waals surface area contributed by atoms with Gasteiger partial charge < -0.3 is 19.8 Å². The molecule has 1 aromatic carbocycles. The second-order valence-electron chi connectivity index (χ2n) is 10.3. The summed E-state index contributed by atoms with van der Waals surface area (Å²) >= 11 is 0. The van der Waals surface area contributed by atoms with Gasteiger partial charge in [-0.3, -0.25) is 0 Å². The van der Waals surface area contributed by atoms with Gasteiger partial charge in [-0.15, -0.1) is 0 Å². The van der Waals surface area contributed by atoms with Gasteiger partial charge >= 0.3 is 0 Å². The SMILES string of the molecule is CCC(CN(N)c1ccccc1)c1cnn2c(NC)c(S(C)(=O)=O)c(C3CCC(C#N)(OCCOC)CC3)nc12. The van der Waals surface area contributed by atoms with E-state index in [4.69, 9.17) is 20.3 Å². The van der Waals surface area contributed by atoms with Crippen molar-refractivity contribution in [1.82, 2.24) is 14.6 Å². The second-order valence-corrected chi connectivity index (χ2v) is 12.3. The van der Waals surface area contributed by atoms with E-state index in [1.54, 1.807) is 29.9 Å². The number of sulfone groups is 1. The zero-order chi connectivity index (χ0) is 28.9.